The molecule has 0 saturated carbocycles. The summed E-state index contributed by atoms with van der Waals surface area (Å²) in [7, 11) is 0. The van der Waals surface area contributed by atoms with Gasteiger partial charge in [-0.25, -0.2) is 9.97 Å². The van der Waals surface area contributed by atoms with E-state index in [0.717, 1.165) is 60.7 Å². The zero-order chi connectivity index (χ0) is 15.5. The van der Waals surface area contributed by atoms with Gasteiger partial charge in [0.2, 0.25) is 0 Å². The van der Waals surface area contributed by atoms with Gasteiger partial charge in [0, 0.05) is 30.5 Å². The molecule has 6 heteroatoms. The van der Waals surface area contributed by atoms with E-state index in [1.165, 1.54) is 0 Å². The normalized spacial score (nSPS) is 14.9. The summed E-state index contributed by atoms with van der Waals surface area (Å²) >= 11 is 0. The van der Waals surface area contributed by atoms with E-state index in [1.807, 2.05) is 38.1 Å². The Labute approximate surface area is 130 Å². The Morgan fingerprint density at radius 1 is 1.14 bits per heavy atom. The number of aryl methyl sites for hydroxylation is 2. The van der Waals surface area contributed by atoms with Crippen LogP contribution in [0.3, 0.4) is 0 Å². The molecule has 2 aromatic rings. The van der Waals surface area contributed by atoms with E-state index < -0.39 is 0 Å². The zero-order valence-electron chi connectivity index (χ0n) is 13.0. The smallest absolute Gasteiger partial charge is 0.136 e. The molecule has 0 bridgehead atoms. The number of nitrogens with two attached hydrogens (primary N) is 1. The summed E-state index contributed by atoms with van der Waals surface area (Å²) in [5, 5.41) is 3.30. The number of nitrogens with one attached hydrogen (secondary N) is 1. The van der Waals surface area contributed by atoms with Gasteiger partial charge in [-0.3, -0.25) is 0 Å². The van der Waals surface area contributed by atoms with E-state index in [0.29, 0.717) is 0 Å². The van der Waals surface area contributed by atoms with Crippen LogP contribution in [0.1, 0.15) is 11.4 Å². The van der Waals surface area contributed by atoms with Gasteiger partial charge in [-0.1, -0.05) is 6.07 Å². The molecule has 1 saturated heterocycles. The Bertz CT molecular complexity index is 668. The summed E-state index contributed by atoms with van der Waals surface area (Å²) in [5.41, 5.74) is 8.72. The van der Waals surface area contributed by atoms with Crippen molar-refractivity contribution in [2.45, 2.75) is 13.8 Å². The Kier molecular flexibility index (Phi) is 4.11. The fourth-order valence-corrected chi connectivity index (χ4v) is 2.44. The van der Waals surface area contributed by atoms with Crippen LogP contribution in [0.25, 0.3) is 0 Å². The molecule has 22 heavy (non-hydrogen) atoms. The van der Waals surface area contributed by atoms with Crippen molar-refractivity contribution in [1.29, 1.82) is 0 Å². The lowest BCUT2D eigenvalue weighted by molar-refractivity contribution is 0.122. The number of hydrogen-bond acceptors (Lipinski definition) is 6. The Hall–Kier alpha value is -2.34. The summed E-state index contributed by atoms with van der Waals surface area (Å²) in [6.45, 7) is 7.07. The zero-order valence-corrected chi connectivity index (χ0v) is 13.0. The third-order valence-electron chi connectivity index (χ3n) is 3.71. The van der Waals surface area contributed by atoms with Crippen LogP contribution in [0.4, 0.5) is 23.0 Å². The summed E-state index contributed by atoms with van der Waals surface area (Å²) in [6, 6.07) is 7.88. The van der Waals surface area contributed by atoms with Crippen LogP contribution in [0.2, 0.25) is 0 Å². The van der Waals surface area contributed by atoms with E-state index in [1.54, 1.807) is 0 Å². The molecule has 1 aromatic heterocycles. The maximum absolute atomic E-state index is 5.96. The van der Waals surface area contributed by atoms with Gasteiger partial charge in [-0.2, -0.15) is 0 Å². The predicted octanol–water partition coefficient (Wildman–Crippen LogP) is 2.26. The number of aromatic nitrogens is 2. The molecule has 1 aliphatic heterocycles. The first-order chi connectivity index (χ1) is 10.6. The van der Waals surface area contributed by atoms with Crippen molar-refractivity contribution in [3.63, 3.8) is 0 Å². The maximum Gasteiger partial charge on any atom is 0.136 e. The molecule has 0 unspecified atom stereocenters. The molecule has 0 spiro atoms. The van der Waals surface area contributed by atoms with Gasteiger partial charge in [0.25, 0.3) is 0 Å². The fraction of sp³-hybridized carbons (Fsp3) is 0.375. The minimum atomic E-state index is 0.736. The van der Waals surface area contributed by atoms with E-state index in [2.05, 4.69) is 20.2 Å². The highest BCUT2D eigenvalue weighted by atomic mass is 16.5. The largest absolute Gasteiger partial charge is 0.398 e. The van der Waals surface area contributed by atoms with Crippen LogP contribution in [-0.4, -0.2) is 36.3 Å². The van der Waals surface area contributed by atoms with Gasteiger partial charge >= 0.3 is 0 Å². The van der Waals surface area contributed by atoms with Gasteiger partial charge < -0.3 is 20.7 Å². The molecule has 1 aromatic carbocycles. The van der Waals surface area contributed by atoms with Crippen LogP contribution in [0, 0.1) is 13.8 Å². The van der Waals surface area contributed by atoms with Crippen molar-refractivity contribution in [3.05, 3.63) is 35.7 Å². The number of morpholine rings is 1. The molecule has 2 heterocycles. The fourth-order valence-electron chi connectivity index (χ4n) is 2.44. The van der Waals surface area contributed by atoms with Crippen molar-refractivity contribution in [2.75, 3.05) is 42.3 Å². The van der Waals surface area contributed by atoms with Crippen LogP contribution in [0.5, 0.6) is 0 Å². The highest BCUT2D eigenvalue weighted by Gasteiger charge is 2.14. The third kappa shape index (κ3) is 3.28. The molecule has 1 aliphatic rings. The quantitative estimate of drug-likeness (QED) is 0.847. The minimum absolute atomic E-state index is 0.736. The Morgan fingerprint density at radius 2 is 1.91 bits per heavy atom. The predicted molar refractivity (Wildman–Crippen MR) is 88.7 cm³/mol. The van der Waals surface area contributed by atoms with Crippen molar-refractivity contribution in [3.8, 4) is 0 Å². The minimum Gasteiger partial charge on any atom is -0.398 e. The third-order valence-corrected chi connectivity index (χ3v) is 3.71. The van der Waals surface area contributed by atoms with Gasteiger partial charge in [-0.15, -0.1) is 0 Å². The van der Waals surface area contributed by atoms with E-state index in [-0.39, 0.29) is 0 Å². The molecule has 1 fully saturated rings. The maximum atomic E-state index is 5.96. The topological polar surface area (TPSA) is 76.3 Å². The first-order valence-corrected chi connectivity index (χ1v) is 7.43. The van der Waals surface area contributed by atoms with Crippen LogP contribution >= 0.6 is 0 Å². The number of benzene rings is 1. The van der Waals surface area contributed by atoms with E-state index in [9.17, 15) is 0 Å². The van der Waals surface area contributed by atoms with Gasteiger partial charge in [0.05, 0.1) is 13.2 Å². The lowest BCUT2D eigenvalue weighted by atomic mass is 10.2. The molecule has 0 aliphatic carbocycles. The highest BCUT2D eigenvalue weighted by molar-refractivity contribution is 5.65. The SMILES string of the molecule is Cc1nc(Nc2ccc(C)c(N)c2)cc(N2CCOCC2)n1. The molecular weight excluding hydrogens is 278 g/mol. The highest BCUT2D eigenvalue weighted by Crippen LogP contribution is 2.23. The monoisotopic (exact) mass is 299 g/mol. The molecule has 3 N–H and O–H groups in total. The molecule has 0 amide bonds. The molecule has 0 radical (unpaired) electrons. The number of rotatable bonds is 3. The molecule has 0 atom stereocenters. The number of hydrogen-bond donors (Lipinski definition) is 2. The van der Waals surface area contributed by atoms with Crippen LogP contribution in [-0.2, 0) is 4.74 Å². The van der Waals surface area contributed by atoms with E-state index in [4.69, 9.17) is 10.5 Å². The number of nitrogen functional groups attached to an aromatic ring is 1. The van der Waals surface area contributed by atoms with Crippen LogP contribution < -0.4 is 16.0 Å². The lowest BCUT2D eigenvalue weighted by Gasteiger charge is -2.28. The number of ether oxygens (including phenoxy) is 1. The lowest BCUT2D eigenvalue weighted by Crippen LogP contribution is -2.36. The van der Waals surface area contributed by atoms with Gasteiger partial charge in [-0.05, 0) is 31.5 Å². The summed E-state index contributed by atoms with van der Waals surface area (Å²) < 4.78 is 5.39. The van der Waals surface area contributed by atoms with Gasteiger partial charge in [0.15, 0.2) is 0 Å². The number of nitrogens with zero attached hydrogens (tertiary/aromatic N) is 3. The molecule has 3 rings (SSSR count). The summed E-state index contributed by atoms with van der Waals surface area (Å²) in [4.78, 5) is 11.2. The van der Waals surface area contributed by atoms with E-state index >= 15 is 0 Å². The average Bonchev–Trinajstić information content (AvgIpc) is 2.51. The first-order valence-electron chi connectivity index (χ1n) is 7.43. The van der Waals surface area contributed by atoms with Crippen molar-refractivity contribution >= 4 is 23.0 Å². The second-order valence-electron chi connectivity index (χ2n) is 5.45. The Morgan fingerprint density at radius 3 is 2.64 bits per heavy atom. The van der Waals surface area contributed by atoms with Crippen molar-refractivity contribution in [2.24, 2.45) is 0 Å². The standard InChI is InChI=1S/C16H21N5O/c1-11-3-4-13(9-14(11)17)20-15-10-16(19-12(2)18-15)21-5-7-22-8-6-21/h3-4,9-10H,5-8,17H2,1-2H3,(H,18,19,20). The van der Waals surface area contributed by atoms with Crippen molar-refractivity contribution in [1.82, 2.24) is 9.97 Å². The first kappa shape index (κ1) is 14.6. The second-order valence-corrected chi connectivity index (χ2v) is 5.45. The molecular formula is C16H21N5O. The second kappa shape index (κ2) is 6.19. The Balaban J connectivity index is 1.83. The summed E-state index contributed by atoms with van der Waals surface area (Å²) in [5.74, 6) is 2.45. The molecule has 116 valence electrons. The van der Waals surface area contributed by atoms with Crippen molar-refractivity contribution < 1.29 is 4.74 Å². The average molecular weight is 299 g/mol. The van der Waals surface area contributed by atoms with Gasteiger partial charge in [0.1, 0.15) is 17.5 Å². The number of anilines is 4. The molecule has 6 nitrogen and oxygen atoms in total. The summed E-state index contributed by atoms with van der Waals surface area (Å²) in [6.07, 6.45) is 0. The van der Waals surface area contributed by atoms with Crippen LogP contribution in [0.15, 0.2) is 24.3 Å².